The van der Waals surface area contributed by atoms with Gasteiger partial charge >= 0.3 is 0 Å². The van der Waals surface area contributed by atoms with E-state index in [0.717, 1.165) is 6.42 Å². The number of benzene rings is 2. The summed E-state index contributed by atoms with van der Waals surface area (Å²) in [7, 11) is 1.57. The van der Waals surface area contributed by atoms with Crippen LogP contribution in [0, 0.1) is 0 Å². The van der Waals surface area contributed by atoms with Gasteiger partial charge in [-0.05, 0) is 22.8 Å². The van der Waals surface area contributed by atoms with Gasteiger partial charge in [-0.25, -0.2) is 0 Å². The number of rotatable bonds is 7. The largest absolute Gasteiger partial charge is 0.380 e. The predicted octanol–water partition coefficient (Wildman–Crippen LogP) is 1.86. The fraction of sp³-hybridized carbons (Fsp3) is 0.353. The van der Waals surface area contributed by atoms with Crippen molar-refractivity contribution in [1.29, 1.82) is 0 Å². The zero-order chi connectivity index (χ0) is 15.1. The van der Waals surface area contributed by atoms with Gasteiger partial charge in [-0.15, -0.1) is 0 Å². The molecule has 0 aromatic heterocycles. The van der Waals surface area contributed by atoms with Crippen molar-refractivity contribution in [2.75, 3.05) is 20.2 Å². The van der Waals surface area contributed by atoms with Crippen molar-refractivity contribution >= 4 is 16.7 Å². The van der Waals surface area contributed by atoms with Gasteiger partial charge in [0.25, 0.3) is 0 Å². The Kier molecular flexibility index (Phi) is 5.72. The zero-order valence-electron chi connectivity index (χ0n) is 12.3. The molecule has 0 aliphatic rings. The molecular weight excluding hydrogens is 264 g/mol. The lowest BCUT2D eigenvalue weighted by Crippen LogP contribution is -2.33. The number of ether oxygens (including phenoxy) is 1. The van der Waals surface area contributed by atoms with Crippen molar-refractivity contribution in [3.05, 3.63) is 48.0 Å². The van der Waals surface area contributed by atoms with E-state index in [4.69, 9.17) is 10.5 Å². The number of hydrogen-bond donors (Lipinski definition) is 2. The Hall–Kier alpha value is -1.91. The molecule has 1 amide bonds. The van der Waals surface area contributed by atoms with E-state index in [1.807, 2.05) is 12.1 Å². The molecule has 0 aliphatic heterocycles. The first kappa shape index (κ1) is 15.5. The fourth-order valence-corrected chi connectivity index (χ4v) is 2.39. The molecule has 1 unspecified atom stereocenters. The number of hydrogen-bond acceptors (Lipinski definition) is 3. The van der Waals surface area contributed by atoms with E-state index >= 15 is 0 Å². The molecule has 112 valence electrons. The topological polar surface area (TPSA) is 64.3 Å². The Balaban J connectivity index is 1.89. The average Bonchev–Trinajstić information content (AvgIpc) is 2.53. The Morgan fingerprint density at radius 2 is 2.00 bits per heavy atom. The Bertz CT molecular complexity index is 589. The molecular formula is C17H22N2O2. The standard InChI is InChI=1S/C17H22N2O2/c1-21-15(12-18)11-17(20)19-10-9-14-7-4-6-13-5-2-3-8-16(13)14/h2-8,15H,9-12,18H2,1H3,(H,19,20). The van der Waals surface area contributed by atoms with Gasteiger partial charge in [0.05, 0.1) is 12.5 Å². The highest BCUT2D eigenvalue weighted by Gasteiger charge is 2.10. The Morgan fingerprint density at radius 3 is 2.76 bits per heavy atom. The highest BCUT2D eigenvalue weighted by atomic mass is 16.5. The van der Waals surface area contributed by atoms with Gasteiger partial charge in [0.2, 0.25) is 5.91 Å². The summed E-state index contributed by atoms with van der Waals surface area (Å²) in [5.41, 5.74) is 6.75. The molecule has 0 bridgehead atoms. The smallest absolute Gasteiger partial charge is 0.222 e. The van der Waals surface area contributed by atoms with Gasteiger partial charge in [-0.1, -0.05) is 42.5 Å². The van der Waals surface area contributed by atoms with Crippen LogP contribution in [-0.4, -0.2) is 32.2 Å². The van der Waals surface area contributed by atoms with Crippen LogP contribution in [0.25, 0.3) is 10.8 Å². The van der Waals surface area contributed by atoms with E-state index in [0.29, 0.717) is 19.5 Å². The van der Waals surface area contributed by atoms with E-state index in [2.05, 4.69) is 35.6 Å². The van der Waals surface area contributed by atoms with Gasteiger partial charge in [0, 0.05) is 20.2 Å². The van der Waals surface area contributed by atoms with Gasteiger partial charge in [-0.3, -0.25) is 4.79 Å². The van der Waals surface area contributed by atoms with Crippen LogP contribution in [0.4, 0.5) is 0 Å². The van der Waals surface area contributed by atoms with Gasteiger partial charge in [-0.2, -0.15) is 0 Å². The van der Waals surface area contributed by atoms with E-state index in [1.165, 1.54) is 16.3 Å². The third kappa shape index (κ3) is 4.28. The first-order valence-corrected chi connectivity index (χ1v) is 7.20. The van der Waals surface area contributed by atoms with Crippen molar-refractivity contribution in [1.82, 2.24) is 5.32 Å². The minimum Gasteiger partial charge on any atom is -0.380 e. The molecule has 0 fully saturated rings. The van der Waals surface area contributed by atoms with E-state index in [9.17, 15) is 4.79 Å². The van der Waals surface area contributed by atoms with E-state index in [-0.39, 0.29) is 12.0 Å². The van der Waals surface area contributed by atoms with Crippen molar-refractivity contribution in [3.63, 3.8) is 0 Å². The maximum atomic E-state index is 11.8. The lowest BCUT2D eigenvalue weighted by molar-refractivity contribution is -0.123. The number of nitrogens with two attached hydrogens (primary N) is 1. The summed E-state index contributed by atoms with van der Waals surface area (Å²) in [6.45, 7) is 0.973. The third-order valence-electron chi connectivity index (χ3n) is 3.61. The van der Waals surface area contributed by atoms with Crippen LogP contribution in [0.5, 0.6) is 0 Å². The summed E-state index contributed by atoms with van der Waals surface area (Å²) in [6.07, 6.45) is 0.915. The van der Waals surface area contributed by atoms with Crippen LogP contribution in [0.2, 0.25) is 0 Å². The molecule has 0 saturated heterocycles. The number of fused-ring (bicyclic) bond motifs is 1. The number of methoxy groups -OCH3 is 1. The van der Waals surface area contributed by atoms with Crippen molar-refractivity contribution < 1.29 is 9.53 Å². The molecule has 2 aromatic carbocycles. The maximum Gasteiger partial charge on any atom is 0.222 e. The molecule has 21 heavy (non-hydrogen) atoms. The quantitative estimate of drug-likeness (QED) is 0.816. The van der Waals surface area contributed by atoms with Crippen LogP contribution < -0.4 is 11.1 Å². The molecule has 1 atom stereocenters. The highest BCUT2D eigenvalue weighted by Crippen LogP contribution is 2.18. The van der Waals surface area contributed by atoms with Crippen molar-refractivity contribution in [3.8, 4) is 0 Å². The second kappa shape index (κ2) is 7.76. The second-order valence-electron chi connectivity index (χ2n) is 5.04. The minimum atomic E-state index is -0.206. The molecule has 0 aliphatic carbocycles. The third-order valence-corrected chi connectivity index (χ3v) is 3.61. The summed E-state index contributed by atoms with van der Waals surface area (Å²) in [4.78, 5) is 11.8. The number of nitrogens with one attached hydrogen (secondary N) is 1. The number of carbonyl (C=O) groups excluding carboxylic acids is 1. The van der Waals surface area contributed by atoms with Crippen molar-refractivity contribution in [2.45, 2.75) is 18.9 Å². The van der Waals surface area contributed by atoms with Crippen LogP contribution in [0.15, 0.2) is 42.5 Å². The van der Waals surface area contributed by atoms with Crippen LogP contribution in [0.1, 0.15) is 12.0 Å². The molecule has 0 radical (unpaired) electrons. The molecule has 3 N–H and O–H groups in total. The normalized spacial score (nSPS) is 12.3. The molecule has 0 spiro atoms. The maximum absolute atomic E-state index is 11.8. The lowest BCUT2D eigenvalue weighted by Gasteiger charge is -2.13. The summed E-state index contributed by atoms with van der Waals surface area (Å²) >= 11 is 0. The first-order chi connectivity index (χ1) is 10.2. The summed E-state index contributed by atoms with van der Waals surface area (Å²) in [5.74, 6) is -0.0208. The number of amides is 1. The SMILES string of the molecule is COC(CN)CC(=O)NCCc1cccc2ccccc12. The van der Waals surface area contributed by atoms with Gasteiger partial charge < -0.3 is 15.8 Å². The monoisotopic (exact) mass is 286 g/mol. The Morgan fingerprint density at radius 1 is 1.24 bits per heavy atom. The average molecular weight is 286 g/mol. The fourth-order valence-electron chi connectivity index (χ4n) is 2.39. The van der Waals surface area contributed by atoms with Crippen LogP contribution in [0.3, 0.4) is 0 Å². The molecule has 4 nitrogen and oxygen atoms in total. The van der Waals surface area contributed by atoms with Gasteiger partial charge in [0.15, 0.2) is 0 Å². The highest BCUT2D eigenvalue weighted by molar-refractivity contribution is 5.85. The van der Waals surface area contributed by atoms with E-state index in [1.54, 1.807) is 7.11 Å². The van der Waals surface area contributed by atoms with Crippen LogP contribution in [-0.2, 0) is 16.0 Å². The molecule has 2 aromatic rings. The van der Waals surface area contributed by atoms with Crippen molar-refractivity contribution in [2.24, 2.45) is 5.73 Å². The van der Waals surface area contributed by atoms with Gasteiger partial charge in [0.1, 0.15) is 0 Å². The molecule has 2 rings (SSSR count). The lowest BCUT2D eigenvalue weighted by atomic mass is 10.0. The summed E-state index contributed by atoms with van der Waals surface area (Å²) in [6, 6.07) is 14.5. The molecule has 0 heterocycles. The summed E-state index contributed by atoms with van der Waals surface area (Å²) < 4.78 is 5.11. The van der Waals surface area contributed by atoms with Crippen LogP contribution >= 0.6 is 0 Å². The summed E-state index contributed by atoms with van der Waals surface area (Å²) in [5, 5.41) is 5.39. The second-order valence-corrected chi connectivity index (χ2v) is 5.04. The first-order valence-electron chi connectivity index (χ1n) is 7.20. The van der Waals surface area contributed by atoms with E-state index < -0.39 is 0 Å². The molecule has 0 saturated carbocycles. The number of carbonyl (C=O) groups is 1. The predicted molar refractivity (Wildman–Crippen MR) is 85.1 cm³/mol. The minimum absolute atomic E-state index is 0.0208. The Labute approximate surface area is 125 Å². The molecule has 4 heteroatoms. The zero-order valence-corrected chi connectivity index (χ0v) is 12.3.